The highest BCUT2D eigenvalue weighted by molar-refractivity contribution is 6.04. The molecule has 3 rings (SSSR count). The van der Waals surface area contributed by atoms with Gasteiger partial charge in [0.1, 0.15) is 6.04 Å². The topological polar surface area (TPSA) is 114 Å². The van der Waals surface area contributed by atoms with Crippen molar-refractivity contribution in [1.29, 1.82) is 0 Å². The number of hydrogen-bond acceptors (Lipinski definition) is 5. The molecule has 2 aliphatic rings. The fourth-order valence-electron chi connectivity index (χ4n) is 3.65. The van der Waals surface area contributed by atoms with Gasteiger partial charge in [-0.3, -0.25) is 14.4 Å². The van der Waals surface area contributed by atoms with E-state index in [9.17, 15) is 14.4 Å². The van der Waals surface area contributed by atoms with E-state index in [2.05, 4.69) is 10.5 Å². The Kier molecular flexibility index (Phi) is 5.81. The summed E-state index contributed by atoms with van der Waals surface area (Å²) >= 11 is 0. The first kappa shape index (κ1) is 20.3. The zero-order chi connectivity index (χ0) is 21.0. The lowest BCUT2D eigenvalue weighted by Gasteiger charge is -2.21. The van der Waals surface area contributed by atoms with Gasteiger partial charge in [0.05, 0.1) is 12.3 Å². The fourth-order valence-corrected chi connectivity index (χ4v) is 3.65. The van der Waals surface area contributed by atoms with E-state index in [-0.39, 0.29) is 24.8 Å². The molecule has 3 N–H and O–H groups in total. The highest BCUT2D eigenvalue weighted by atomic mass is 16.7. The summed E-state index contributed by atoms with van der Waals surface area (Å²) in [6.45, 7) is 3.73. The molecule has 0 aliphatic carbocycles. The van der Waals surface area contributed by atoms with Gasteiger partial charge < -0.3 is 20.8 Å². The van der Waals surface area contributed by atoms with Crippen LogP contribution in [0.25, 0.3) is 0 Å². The number of amides is 3. The Morgan fingerprint density at radius 1 is 1.28 bits per heavy atom. The molecule has 1 fully saturated rings. The molecule has 0 bridgehead atoms. The zero-order valence-corrected chi connectivity index (χ0v) is 16.4. The van der Waals surface area contributed by atoms with Crippen LogP contribution in [0.3, 0.4) is 0 Å². The van der Waals surface area contributed by atoms with Crippen molar-refractivity contribution in [2.45, 2.75) is 38.3 Å². The lowest BCUT2D eigenvalue weighted by atomic mass is 9.91. The summed E-state index contributed by atoms with van der Waals surface area (Å²) < 4.78 is 0. The van der Waals surface area contributed by atoms with Gasteiger partial charge in [0.15, 0.2) is 5.60 Å². The number of oxime groups is 1. The minimum Gasteiger partial charge on any atom is -0.387 e. The van der Waals surface area contributed by atoms with Crippen molar-refractivity contribution in [1.82, 2.24) is 4.90 Å². The molecule has 0 saturated carbocycles. The number of nitrogens with two attached hydrogens (primary N) is 1. The number of benzene rings is 1. The van der Waals surface area contributed by atoms with Crippen LogP contribution in [0.5, 0.6) is 0 Å². The summed E-state index contributed by atoms with van der Waals surface area (Å²) in [5, 5.41) is 7.00. The summed E-state index contributed by atoms with van der Waals surface area (Å²) in [6, 6.07) is 6.55. The number of allylic oxidation sites excluding steroid dienone is 2. The summed E-state index contributed by atoms with van der Waals surface area (Å²) in [5.74, 6) is -1.06. The average Bonchev–Trinajstić information content (AvgIpc) is 3.27. The molecule has 1 unspecified atom stereocenters. The van der Waals surface area contributed by atoms with E-state index in [4.69, 9.17) is 10.6 Å². The number of carbonyl (C=O) groups excluding carboxylic acids is 3. The molecule has 3 amide bonds. The van der Waals surface area contributed by atoms with Crippen LogP contribution in [0.2, 0.25) is 0 Å². The second kappa shape index (κ2) is 8.30. The third-order valence-electron chi connectivity index (χ3n) is 4.94. The Bertz CT molecular complexity index is 921. The smallest absolute Gasteiger partial charge is 0.248 e. The molecule has 2 atom stereocenters. The van der Waals surface area contributed by atoms with E-state index in [1.54, 1.807) is 32.1 Å². The second-order valence-corrected chi connectivity index (χ2v) is 7.15. The van der Waals surface area contributed by atoms with Gasteiger partial charge >= 0.3 is 0 Å². The van der Waals surface area contributed by atoms with Gasteiger partial charge in [-0.1, -0.05) is 29.4 Å². The number of likely N-dealkylation sites (tertiary alicyclic amines) is 1. The van der Waals surface area contributed by atoms with Gasteiger partial charge in [0.25, 0.3) is 0 Å². The maximum absolute atomic E-state index is 12.3. The van der Waals surface area contributed by atoms with E-state index in [1.807, 2.05) is 18.2 Å². The highest BCUT2D eigenvalue weighted by Crippen LogP contribution is 2.39. The van der Waals surface area contributed by atoms with Crippen LogP contribution in [-0.4, -0.2) is 46.5 Å². The minimum absolute atomic E-state index is 0.219. The standard InChI is InChI=1S/C21H24N4O4/c1-3-6-18(26)23-15-9-5-8-14(10-15)16-11-21(29-24-16)12-17(20(22)28)25(13-21)19(27)7-4-2/h3-10,17H,11-13H2,1-2H3,(H2,22,28)(H,23,26)/b6-3+,7-4+/t17-,21?/m1/s1. The normalized spacial score (nSPS) is 23.6. The Balaban J connectivity index is 1.76. The van der Waals surface area contributed by atoms with Gasteiger partial charge in [0.2, 0.25) is 17.7 Å². The van der Waals surface area contributed by atoms with Crippen LogP contribution in [0.1, 0.15) is 32.3 Å². The number of anilines is 1. The third kappa shape index (κ3) is 4.37. The first-order chi connectivity index (χ1) is 13.9. The third-order valence-corrected chi connectivity index (χ3v) is 4.94. The van der Waals surface area contributed by atoms with Crippen molar-refractivity contribution in [2.24, 2.45) is 10.9 Å². The lowest BCUT2D eigenvalue weighted by molar-refractivity contribution is -0.133. The van der Waals surface area contributed by atoms with Gasteiger partial charge in [-0.2, -0.15) is 0 Å². The summed E-state index contributed by atoms with van der Waals surface area (Å²) in [5.41, 5.74) is 6.86. The Morgan fingerprint density at radius 2 is 2.03 bits per heavy atom. The molecule has 1 spiro atoms. The lowest BCUT2D eigenvalue weighted by Crippen LogP contribution is -2.43. The van der Waals surface area contributed by atoms with E-state index < -0.39 is 17.6 Å². The summed E-state index contributed by atoms with van der Waals surface area (Å²) in [6.07, 6.45) is 6.85. The Morgan fingerprint density at radius 3 is 2.72 bits per heavy atom. The predicted molar refractivity (Wildman–Crippen MR) is 109 cm³/mol. The quantitative estimate of drug-likeness (QED) is 0.738. The molecule has 8 nitrogen and oxygen atoms in total. The van der Waals surface area contributed by atoms with Crippen molar-refractivity contribution in [3.05, 3.63) is 54.1 Å². The number of carbonyl (C=O) groups is 3. The molecule has 0 aromatic heterocycles. The molecule has 1 aromatic rings. The van der Waals surface area contributed by atoms with Gasteiger partial charge in [0, 0.05) is 24.1 Å². The van der Waals surface area contributed by atoms with Crippen LogP contribution in [-0.2, 0) is 19.2 Å². The van der Waals surface area contributed by atoms with E-state index in [1.165, 1.54) is 17.1 Å². The zero-order valence-electron chi connectivity index (χ0n) is 16.4. The summed E-state index contributed by atoms with van der Waals surface area (Å²) in [7, 11) is 0. The van der Waals surface area contributed by atoms with Crippen molar-refractivity contribution >= 4 is 29.1 Å². The molecule has 152 valence electrons. The van der Waals surface area contributed by atoms with Gasteiger partial charge in [-0.05, 0) is 38.1 Å². The number of primary amides is 1. The van der Waals surface area contributed by atoms with E-state index in [0.717, 1.165) is 5.56 Å². The average molecular weight is 396 g/mol. The SMILES string of the molecule is C/C=C/C(=O)Nc1cccc(C2=NOC3(C2)C[C@H](C(N)=O)N(C(=O)/C=C/C)C3)c1. The van der Waals surface area contributed by atoms with Crippen molar-refractivity contribution in [3.8, 4) is 0 Å². The monoisotopic (exact) mass is 396 g/mol. The fraction of sp³-hybridized carbons (Fsp3) is 0.333. The van der Waals surface area contributed by atoms with Gasteiger partial charge in [-0.15, -0.1) is 0 Å². The first-order valence-electron chi connectivity index (χ1n) is 9.39. The highest BCUT2D eigenvalue weighted by Gasteiger charge is 2.52. The van der Waals surface area contributed by atoms with Crippen LogP contribution in [0.15, 0.2) is 53.7 Å². The Hall–Kier alpha value is -3.42. The first-order valence-corrected chi connectivity index (χ1v) is 9.39. The molecular weight excluding hydrogens is 372 g/mol. The molecule has 8 heteroatoms. The molecule has 2 heterocycles. The minimum atomic E-state index is -0.781. The van der Waals surface area contributed by atoms with Crippen LogP contribution >= 0.6 is 0 Å². The number of hydrogen-bond donors (Lipinski definition) is 2. The second-order valence-electron chi connectivity index (χ2n) is 7.15. The maximum Gasteiger partial charge on any atom is 0.248 e. The number of nitrogens with zero attached hydrogens (tertiary/aromatic N) is 2. The van der Waals surface area contributed by atoms with E-state index in [0.29, 0.717) is 17.8 Å². The molecule has 29 heavy (non-hydrogen) atoms. The van der Waals surface area contributed by atoms with Crippen molar-refractivity contribution < 1.29 is 19.2 Å². The molecule has 2 aliphatic heterocycles. The number of rotatable bonds is 5. The van der Waals surface area contributed by atoms with Crippen molar-refractivity contribution in [3.63, 3.8) is 0 Å². The Labute approximate surface area is 169 Å². The molecule has 0 radical (unpaired) electrons. The predicted octanol–water partition coefficient (Wildman–Crippen LogP) is 1.73. The molecule has 1 saturated heterocycles. The maximum atomic E-state index is 12.3. The van der Waals surface area contributed by atoms with Crippen molar-refractivity contribution in [2.75, 3.05) is 11.9 Å². The van der Waals surface area contributed by atoms with Crippen LogP contribution < -0.4 is 11.1 Å². The molecule has 1 aromatic carbocycles. The largest absolute Gasteiger partial charge is 0.387 e. The van der Waals surface area contributed by atoms with Crippen LogP contribution in [0.4, 0.5) is 5.69 Å². The van der Waals surface area contributed by atoms with E-state index >= 15 is 0 Å². The molecular formula is C21H24N4O4. The summed E-state index contributed by atoms with van der Waals surface area (Å²) in [4.78, 5) is 43.2. The number of nitrogens with one attached hydrogen (secondary N) is 1. The van der Waals surface area contributed by atoms with Gasteiger partial charge in [-0.25, -0.2) is 0 Å². The van der Waals surface area contributed by atoms with Crippen LogP contribution in [0, 0.1) is 0 Å².